The molecule has 1 heteroatoms. The maximum absolute atomic E-state index is 3.32. The third kappa shape index (κ3) is 1.90. The summed E-state index contributed by atoms with van der Waals surface area (Å²) in [4.78, 5) is 0. The minimum atomic E-state index is 1.04. The smallest absolute Gasteiger partial charge is 0.0115 e. The normalized spacial score (nSPS) is 17.8. The molecule has 0 unspecified atom stereocenters. The molecule has 1 N–H and O–H groups in total. The van der Waals surface area contributed by atoms with Crippen LogP contribution in [0.3, 0.4) is 0 Å². The van der Waals surface area contributed by atoms with Crippen LogP contribution in [0.15, 0.2) is 23.4 Å². The molecule has 10 heavy (non-hydrogen) atoms. The van der Waals surface area contributed by atoms with Gasteiger partial charge in [-0.05, 0) is 32.8 Å². The first-order chi connectivity index (χ1) is 4.83. The van der Waals surface area contributed by atoms with Crippen LogP contribution in [0.5, 0.6) is 0 Å². The molecule has 1 aliphatic rings. The molecule has 0 aromatic heterocycles. The molecule has 1 rings (SSSR count). The molecule has 0 saturated carbocycles. The highest BCUT2D eigenvalue weighted by molar-refractivity contribution is 5.21. The number of rotatable bonds is 2. The zero-order valence-electron chi connectivity index (χ0n) is 6.78. The van der Waals surface area contributed by atoms with Crippen molar-refractivity contribution in [3.8, 4) is 0 Å². The molecule has 0 aromatic rings. The van der Waals surface area contributed by atoms with Gasteiger partial charge in [-0.3, -0.25) is 0 Å². The van der Waals surface area contributed by atoms with Crippen LogP contribution in [-0.2, 0) is 0 Å². The monoisotopic (exact) mass is 137 g/mol. The zero-order chi connectivity index (χ0) is 7.40. The quantitative estimate of drug-likeness (QED) is 0.615. The Morgan fingerprint density at radius 1 is 1.40 bits per heavy atom. The Kier molecular flexibility index (Phi) is 2.55. The van der Waals surface area contributed by atoms with Gasteiger partial charge in [-0.25, -0.2) is 0 Å². The lowest BCUT2D eigenvalue weighted by molar-refractivity contribution is 0.759. The molecule has 1 aliphatic carbocycles. The molecular formula is C9H15N. The fourth-order valence-electron chi connectivity index (χ4n) is 1.12. The summed E-state index contributed by atoms with van der Waals surface area (Å²) in [5.74, 6) is 0. The third-order valence-corrected chi connectivity index (χ3v) is 1.76. The van der Waals surface area contributed by atoms with Crippen molar-refractivity contribution in [3.05, 3.63) is 23.4 Å². The van der Waals surface area contributed by atoms with Crippen LogP contribution < -0.4 is 5.32 Å². The summed E-state index contributed by atoms with van der Waals surface area (Å²) in [5.41, 5.74) is 2.87. The second kappa shape index (κ2) is 3.45. The van der Waals surface area contributed by atoms with Crippen molar-refractivity contribution in [2.75, 3.05) is 6.54 Å². The standard InChI is InChI=1S/C9H15N/c1-3-10-9-6-4-8(2)5-7-9/h4,6,10H,3,5,7H2,1-2H3. The van der Waals surface area contributed by atoms with Crippen LogP contribution in [0.25, 0.3) is 0 Å². The van der Waals surface area contributed by atoms with Gasteiger partial charge in [-0.2, -0.15) is 0 Å². The first-order valence-corrected chi connectivity index (χ1v) is 3.93. The van der Waals surface area contributed by atoms with E-state index in [-0.39, 0.29) is 0 Å². The molecule has 1 nitrogen and oxygen atoms in total. The van der Waals surface area contributed by atoms with Gasteiger partial charge in [0.25, 0.3) is 0 Å². The van der Waals surface area contributed by atoms with Gasteiger partial charge in [0.15, 0.2) is 0 Å². The minimum absolute atomic E-state index is 1.04. The van der Waals surface area contributed by atoms with E-state index in [2.05, 4.69) is 31.3 Å². The average molecular weight is 137 g/mol. The van der Waals surface area contributed by atoms with Crippen molar-refractivity contribution in [1.82, 2.24) is 5.32 Å². The second-order valence-electron chi connectivity index (χ2n) is 2.74. The van der Waals surface area contributed by atoms with Gasteiger partial charge in [0.1, 0.15) is 0 Å². The van der Waals surface area contributed by atoms with Crippen LogP contribution in [0, 0.1) is 0 Å². The van der Waals surface area contributed by atoms with Crippen molar-refractivity contribution in [3.63, 3.8) is 0 Å². The highest BCUT2D eigenvalue weighted by atomic mass is 14.9. The first-order valence-electron chi connectivity index (χ1n) is 3.93. The molecule has 0 heterocycles. The molecule has 0 aliphatic heterocycles. The number of nitrogens with one attached hydrogen (secondary N) is 1. The van der Waals surface area contributed by atoms with Crippen molar-refractivity contribution in [2.24, 2.45) is 0 Å². The maximum atomic E-state index is 3.32. The Hall–Kier alpha value is -0.720. The summed E-state index contributed by atoms with van der Waals surface area (Å²) >= 11 is 0. The molecule has 0 bridgehead atoms. The van der Waals surface area contributed by atoms with Gasteiger partial charge in [0, 0.05) is 12.2 Å². The summed E-state index contributed by atoms with van der Waals surface area (Å²) in [6, 6.07) is 0. The molecule has 56 valence electrons. The van der Waals surface area contributed by atoms with E-state index in [1.807, 2.05) is 0 Å². The highest BCUT2D eigenvalue weighted by Crippen LogP contribution is 2.14. The summed E-state index contributed by atoms with van der Waals surface area (Å²) in [7, 11) is 0. The van der Waals surface area contributed by atoms with Crippen LogP contribution >= 0.6 is 0 Å². The molecule has 0 radical (unpaired) electrons. The van der Waals surface area contributed by atoms with E-state index in [1.54, 1.807) is 0 Å². The number of hydrogen-bond donors (Lipinski definition) is 1. The van der Waals surface area contributed by atoms with E-state index in [4.69, 9.17) is 0 Å². The molecule has 0 amide bonds. The second-order valence-corrected chi connectivity index (χ2v) is 2.74. The van der Waals surface area contributed by atoms with Gasteiger partial charge in [-0.1, -0.05) is 11.6 Å². The molecule has 0 fully saturated rings. The van der Waals surface area contributed by atoms with E-state index in [9.17, 15) is 0 Å². The van der Waals surface area contributed by atoms with Crippen LogP contribution in [0.1, 0.15) is 26.7 Å². The predicted octanol–water partition coefficient (Wildman–Crippen LogP) is 2.22. The Bertz CT molecular complexity index is 162. The lowest BCUT2D eigenvalue weighted by Gasteiger charge is -2.12. The van der Waals surface area contributed by atoms with E-state index in [0.717, 1.165) is 6.54 Å². The van der Waals surface area contributed by atoms with Crippen molar-refractivity contribution >= 4 is 0 Å². The molecule has 0 atom stereocenters. The Labute approximate surface area is 62.8 Å². The van der Waals surface area contributed by atoms with Crippen LogP contribution in [0.2, 0.25) is 0 Å². The van der Waals surface area contributed by atoms with E-state index < -0.39 is 0 Å². The van der Waals surface area contributed by atoms with E-state index >= 15 is 0 Å². The highest BCUT2D eigenvalue weighted by Gasteiger charge is 2.00. The van der Waals surface area contributed by atoms with Crippen molar-refractivity contribution < 1.29 is 0 Å². The van der Waals surface area contributed by atoms with Crippen molar-refractivity contribution in [2.45, 2.75) is 26.7 Å². The van der Waals surface area contributed by atoms with Gasteiger partial charge < -0.3 is 5.32 Å². The minimum Gasteiger partial charge on any atom is -0.389 e. The summed E-state index contributed by atoms with van der Waals surface area (Å²) in [6.07, 6.45) is 6.79. The fourth-order valence-corrected chi connectivity index (χ4v) is 1.12. The van der Waals surface area contributed by atoms with Gasteiger partial charge >= 0.3 is 0 Å². The SMILES string of the molecule is CCNC1=CC=C(C)CC1. The predicted molar refractivity (Wildman–Crippen MR) is 44.8 cm³/mol. The number of allylic oxidation sites excluding steroid dienone is 4. The summed E-state index contributed by atoms with van der Waals surface area (Å²) in [5, 5.41) is 3.32. The third-order valence-electron chi connectivity index (χ3n) is 1.76. The molecular weight excluding hydrogens is 122 g/mol. The average Bonchev–Trinajstić information content (AvgIpc) is 1.95. The Balaban J connectivity index is 2.47. The Morgan fingerprint density at radius 3 is 2.70 bits per heavy atom. The first kappa shape index (κ1) is 7.39. The molecule has 0 aromatic carbocycles. The van der Waals surface area contributed by atoms with Gasteiger partial charge in [-0.15, -0.1) is 0 Å². The van der Waals surface area contributed by atoms with Crippen LogP contribution in [-0.4, -0.2) is 6.54 Å². The van der Waals surface area contributed by atoms with E-state index in [1.165, 1.54) is 24.1 Å². The van der Waals surface area contributed by atoms with Crippen molar-refractivity contribution in [1.29, 1.82) is 0 Å². The maximum Gasteiger partial charge on any atom is 0.0115 e. The van der Waals surface area contributed by atoms with Gasteiger partial charge in [0.05, 0.1) is 0 Å². The van der Waals surface area contributed by atoms with Gasteiger partial charge in [0.2, 0.25) is 0 Å². The summed E-state index contributed by atoms with van der Waals surface area (Å²) in [6.45, 7) is 5.35. The Morgan fingerprint density at radius 2 is 2.20 bits per heavy atom. The summed E-state index contributed by atoms with van der Waals surface area (Å²) < 4.78 is 0. The van der Waals surface area contributed by atoms with E-state index in [0.29, 0.717) is 0 Å². The lowest BCUT2D eigenvalue weighted by atomic mass is 10.0. The van der Waals surface area contributed by atoms with Crippen LogP contribution in [0.4, 0.5) is 0 Å². The zero-order valence-corrected chi connectivity index (χ0v) is 6.78. The molecule has 0 saturated heterocycles. The molecule has 0 spiro atoms. The largest absolute Gasteiger partial charge is 0.389 e. The lowest BCUT2D eigenvalue weighted by Crippen LogP contribution is -2.13. The fraction of sp³-hybridized carbons (Fsp3) is 0.556. The topological polar surface area (TPSA) is 12.0 Å². The number of hydrogen-bond acceptors (Lipinski definition) is 1.